The molecule has 0 aliphatic carbocycles. The van der Waals surface area contributed by atoms with E-state index in [2.05, 4.69) is 64.9 Å². The van der Waals surface area contributed by atoms with Gasteiger partial charge in [-0.1, -0.05) is 35.5 Å². The van der Waals surface area contributed by atoms with Crippen LogP contribution in [-0.4, -0.2) is 106 Å². The second-order valence-electron chi connectivity index (χ2n) is 7.74. The van der Waals surface area contributed by atoms with Crippen molar-refractivity contribution in [1.29, 1.82) is 0 Å². The molecule has 0 aromatic carbocycles. The molecular formula is C24H24N6. The van der Waals surface area contributed by atoms with Crippen LogP contribution >= 0.6 is 0 Å². The van der Waals surface area contributed by atoms with Gasteiger partial charge in [-0.3, -0.25) is 29.4 Å². The van der Waals surface area contributed by atoms with Crippen molar-refractivity contribution in [3.63, 3.8) is 0 Å². The minimum Gasteiger partial charge on any atom is -0.255 e. The van der Waals surface area contributed by atoms with Crippen LogP contribution < -0.4 is 0 Å². The molecule has 5 aliphatic heterocycles. The topological polar surface area (TPSA) is 19.4 Å². The lowest BCUT2D eigenvalue weighted by atomic mass is 10.1. The normalized spacial score (nSPS) is 35.8. The molecule has 5 heterocycles. The molecule has 150 valence electrons. The predicted molar refractivity (Wildman–Crippen MR) is 116 cm³/mol. The van der Waals surface area contributed by atoms with Gasteiger partial charge < -0.3 is 0 Å². The number of hydrogen-bond donors (Lipinski definition) is 0. The van der Waals surface area contributed by atoms with Gasteiger partial charge >= 0.3 is 0 Å². The Morgan fingerprint density at radius 2 is 0.467 bits per heavy atom. The van der Waals surface area contributed by atoms with Gasteiger partial charge in [-0.05, 0) is 0 Å². The van der Waals surface area contributed by atoms with E-state index in [-0.39, 0.29) is 37.0 Å². The number of nitrogens with zero attached hydrogens (tertiary/aromatic N) is 6. The summed E-state index contributed by atoms with van der Waals surface area (Å²) in [6.45, 7) is 2.75. The molecule has 0 saturated carbocycles. The first-order valence-electron chi connectivity index (χ1n) is 9.85. The lowest BCUT2D eigenvalue weighted by Gasteiger charge is -2.54. The van der Waals surface area contributed by atoms with Gasteiger partial charge in [0.2, 0.25) is 0 Å². The Bertz CT molecular complexity index is 807. The minimum atomic E-state index is -0.0770. The van der Waals surface area contributed by atoms with Crippen LogP contribution in [0.15, 0.2) is 0 Å². The molecule has 0 N–H and O–H groups in total. The van der Waals surface area contributed by atoms with Crippen LogP contribution in [0.3, 0.4) is 0 Å². The molecule has 0 radical (unpaired) electrons. The van der Waals surface area contributed by atoms with Crippen LogP contribution in [-0.2, 0) is 0 Å². The van der Waals surface area contributed by atoms with Crippen LogP contribution in [0.1, 0.15) is 0 Å². The molecule has 5 aliphatic rings. The Hall–Kier alpha value is -2.88. The van der Waals surface area contributed by atoms with Crippen LogP contribution in [0.2, 0.25) is 0 Å². The summed E-state index contributed by atoms with van der Waals surface area (Å²) in [5, 5.41) is 0. The molecule has 0 aromatic rings. The van der Waals surface area contributed by atoms with E-state index in [1.807, 2.05) is 0 Å². The van der Waals surface area contributed by atoms with Gasteiger partial charge in [0.1, 0.15) is 0 Å². The lowest BCUT2D eigenvalue weighted by Crippen LogP contribution is -2.74. The SMILES string of the molecule is C#CCN1C2C3N(CC#C)C1C1N(CC#C)C(C(N1CC#C)N3CC#C)N2CC#C. The Kier molecular flexibility index (Phi) is 5.50. The van der Waals surface area contributed by atoms with Gasteiger partial charge in [-0.25, -0.2) is 0 Å². The second kappa shape index (κ2) is 8.10. The van der Waals surface area contributed by atoms with Crippen molar-refractivity contribution in [3.8, 4) is 74.1 Å². The van der Waals surface area contributed by atoms with Crippen molar-refractivity contribution in [1.82, 2.24) is 29.4 Å². The first kappa shape index (κ1) is 20.4. The van der Waals surface area contributed by atoms with E-state index in [9.17, 15) is 0 Å². The van der Waals surface area contributed by atoms with Gasteiger partial charge in [0.05, 0.1) is 76.3 Å². The number of hydrogen-bond acceptors (Lipinski definition) is 6. The average Bonchev–Trinajstić information content (AvgIpc) is 3.14. The summed E-state index contributed by atoms with van der Waals surface area (Å²) in [5.41, 5.74) is 0. The Morgan fingerprint density at radius 3 is 0.567 bits per heavy atom. The zero-order valence-corrected chi connectivity index (χ0v) is 16.9. The second-order valence-corrected chi connectivity index (χ2v) is 7.74. The number of piperazine rings is 1. The molecule has 0 aromatic heterocycles. The maximum Gasteiger partial charge on any atom is 0.0965 e. The molecule has 30 heavy (non-hydrogen) atoms. The fourth-order valence-corrected chi connectivity index (χ4v) is 5.89. The highest BCUT2D eigenvalue weighted by Gasteiger charge is 2.71. The van der Waals surface area contributed by atoms with E-state index in [0.29, 0.717) is 39.3 Å². The highest BCUT2D eigenvalue weighted by atomic mass is 15.8. The molecule has 0 unspecified atom stereocenters. The molecule has 5 fully saturated rings. The van der Waals surface area contributed by atoms with Crippen molar-refractivity contribution in [2.45, 2.75) is 37.0 Å². The molecule has 5 rings (SSSR count). The van der Waals surface area contributed by atoms with E-state index < -0.39 is 0 Å². The molecule has 6 heteroatoms. The summed E-state index contributed by atoms with van der Waals surface area (Å²) in [4.78, 5) is 13.8. The summed E-state index contributed by atoms with van der Waals surface area (Å²) in [6, 6.07) is 0. The average molecular weight is 396 g/mol. The Labute approximate surface area is 180 Å². The van der Waals surface area contributed by atoms with Gasteiger partial charge in [0.25, 0.3) is 0 Å². The van der Waals surface area contributed by atoms with Gasteiger partial charge in [0, 0.05) is 0 Å². The molecule has 5 saturated heterocycles. The lowest BCUT2D eigenvalue weighted by molar-refractivity contribution is -0.140. The van der Waals surface area contributed by atoms with Crippen molar-refractivity contribution in [2.24, 2.45) is 0 Å². The zero-order chi connectivity index (χ0) is 21.4. The van der Waals surface area contributed by atoms with Gasteiger partial charge in [-0.15, -0.1) is 38.5 Å². The summed E-state index contributed by atoms with van der Waals surface area (Å²) >= 11 is 0. The molecule has 0 spiro atoms. The van der Waals surface area contributed by atoms with E-state index in [1.165, 1.54) is 0 Å². The Morgan fingerprint density at radius 1 is 0.333 bits per heavy atom. The third-order valence-corrected chi connectivity index (χ3v) is 6.52. The maximum atomic E-state index is 5.80. The molecular weight excluding hydrogens is 372 g/mol. The fraction of sp³-hybridized carbons (Fsp3) is 0.500. The van der Waals surface area contributed by atoms with Crippen molar-refractivity contribution >= 4 is 0 Å². The summed E-state index contributed by atoms with van der Waals surface area (Å²) in [5.74, 6) is 16.9. The molecule has 0 atom stereocenters. The van der Waals surface area contributed by atoms with Crippen molar-refractivity contribution in [2.75, 3.05) is 39.3 Å². The number of terminal acetylenes is 6. The smallest absolute Gasteiger partial charge is 0.0965 e. The van der Waals surface area contributed by atoms with E-state index in [4.69, 9.17) is 38.5 Å². The minimum absolute atomic E-state index is 0.0386. The van der Waals surface area contributed by atoms with E-state index >= 15 is 0 Å². The highest BCUT2D eigenvalue weighted by Crippen LogP contribution is 2.50. The molecule has 6 bridgehead atoms. The summed E-state index contributed by atoms with van der Waals surface area (Å²) in [7, 11) is 0. The first-order valence-corrected chi connectivity index (χ1v) is 9.85. The van der Waals surface area contributed by atoms with Crippen LogP contribution in [0.25, 0.3) is 0 Å². The van der Waals surface area contributed by atoms with E-state index in [0.717, 1.165) is 0 Å². The standard InChI is InChI=1S/C24H24N6/c1-7-13-25-19-20-26(14-8-2)23(25)24-27(15-9-3)21(29(19)17-11-5)22(28(24)16-10-4)30(20)18-12-6/h1-6,19-24H,13-18H2. The zero-order valence-electron chi connectivity index (χ0n) is 16.9. The largest absolute Gasteiger partial charge is 0.255 e. The van der Waals surface area contributed by atoms with Crippen molar-refractivity contribution < 1.29 is 0 Å². The van der Waals surface area contributed by atoms with Crippen LogP contribution in [0.4, 0.5) is 0 Å². The number of rotatable bonds is 6. The van der Waals surface area contributed by atoms with Gasteiger partial charge in [0.15, 0.2) is 0 Å². The van der Waals surface area contributed by atoms with Crippen molar-refractivity contribution in [3.05, 3.63) is 0 Å². The fourth-order valence-electron chi connectivity index (χ4n) is 5.89. The third kappa shape index (κ3) is 2.59. The monoisotopic (exact) mass is 396 g/mol. The summed E-state index contributed by atoms with van der Waals surface area (Å²) in [6.07, 6.45) is 34.5. The first-order chi connectivity index (χ1) is 14.7. The van der Waals surface area contributed by atoms with E-state index in [1.54, 1.807) is 0 Å². The third-order valence-electron chi connectivity index (χ3n) is 6.52. The maximum absolute atomic E-state index is 5.80. The Balaban J connectivity index is 1.97. The quantitative estimate of drug-likeness (QED) is 0.512. The van der Waals surface area contributed by atoms with Crippen LogP contribution in [0, 0.1) is 74.1 Å². The van der Waals surface area contributed by atoms with Gasteiger partial charge in [-0.2, -0.15) is 0 Å². The molecule has 6 nitrogen and oxygen atoms in total. The predicted octanol–water partition coefficient (Wildman–Crippen LogP) is -1.39. The highest BCUT2D eigenvalue weighted by molar-refractivity contribution is 5.23. The summed E-state index contributed by atoms with van der Waals surface area (Å²) < 4.78 is 0. The van der Waals surface area contributed by atoms with Crippen LogP contribution in [0.5, 0.6) is 0 Å². The molecule has 0 amide bonds.